The highest BCUT2D eigenvalue weighted by molar-refractivity contribution is 5.82. The third kappa shape index (κ3) is 5.50. The summed E-state index contributed by atoms with van der Waals surface area (Å²) in [6, 6.07) is 5.61. The van der Waals surface area contributed by atoms with Crippen LogP contribution in [0, 0.1) is 11.7 Å². The van der Waals surface area contributed by atoms with Gasteiger partial charge in [-0.3, -0.25) is 9.59 Å². The molecule has 0 saturated heterocycles. The molecule has 1 rings (SSSR count). The predicted octanol–water partition coefficient (Wildman–Crippen LogP) is 1.98. The van der Waals surface area contributed by atoms with Gasteiger partial charge in [0.25, 0.3) is 0 Å². The summed E-state index contributed by atoms with van der Waals surface area (Å²) in [4.78, 5) is 22.7. The van der Waals surface area contributed by atoms with E-state index < -0.39 is 11.9 Å². The molecule has 0 bridgehead atoms. The quantitative estimate of drug-likeness (QED) is 0.828. The molecule has 19 heavy (non-hydrogen) atoms. The molecule has 0 heterocycles. The summed E-state index contributed by atoms with van der Waals surface area (Å²) in [6.45, 7) is 3.63. The Labute approximate surface area is 111 Å². The van der Waals surface area contributed by atoms with Crippen LogP contribution in [-0.4, -0.2) is 23.0 Å². The molecule has 0 radical (unpaired) electrons. The number of hydrogen-bond donors (Lipinski definition) is 2. The van der Waals surface area contributed by atoms with Crippen LogP contribution in [0.2, 0.25) is 0 Å². The van der Waals surface area contributed by atoms with Gasteiger partial charge in [0.2, 0.25) is 5.91 Å². The summed E-state index contributed by atoms with van der Waals surface area (Å²) in [7, 11) is 0. The zero-order valence-corrected chi connectivity index (χ0v) is 11.0. The molecule has 1 unspecified atom stereocenters. The third-order valence-corrected chi connectivity index (χ3v) is 2.63. The Balaban J connectivity index is 2.65. The van der Waals surface area contributed by atoms with Crippen LogP contribution in [0.1, 0.15) is 25.8 Å². The number of aliphatic carboxylic acids is 1. The van der Waals surface area contributed by atoms with Crippen molar-refractivity contribution in [3.05, 3.63) is 35.6 Å². The Kier molecular flexibility index (Phi) is 5.48. The Morgan fingerprint density at radius 1 is 1.26 bits per heavy atom. The minimum absolute atomic E-state index is 0.0206. The molecule has 0 aliphatic rings. The first kappa shape index (κ1) is 15.1. The molecule has 1 amide bonds. The van der Waals surface area contributed by atoms with Crippen molar-refractivity contribution in [2.75, 3.05) is 0 Å². The molecule has 0 aliphatic carbocycles. The molecule has 104 valence electrons. The van der Waals surface area contributed by atoms with E-state index >= 15 is 0 Å². The fraction of sp³-hybridized carbons (Fsp3) is 0.429. The number of hydrogen-bond acceptors (Lipinski definition) is 2. The third-order valence-electron chi connectivity index (χ3n) is 2.63. The van der Waals surface area contributed by atoms with Crippen molar-refractivity contribution < 1.29 is 19.1 Å². The average molecular weight is 267 g/mol. The SMILES string of the molecule is CC(C)NC(=O)CC(Cc1ccc(F)cc1)C(=O)O. The fourth-order valence-corrected chi connectivity index (χ4v) is 1.76. The molecule has 0 fully saturated rings. The molecular formula is C14H18FNO3. The number of rotatable bonds is 6. The largest absolute Gasteiger partial charge is 0.481 e. The lowest BCUT2D eigenvalue weighted by Crippen LogP contribution is -2.33. The van der Waals surface area contributed by atoms with Crippen LogP contribution in [0.15, 0.2) is 24.3 Å². The highest BCUT2D eigenvalue weighted by Gasteiger charge is 2.22. The lowest BCUT2D eigenvalue weighted by atomic mass is 9.96. The van der Waals surface area contributed by atoms with E-state index in [1.165, 1.54) is 24.3 Å². The molecule has 1 aromatic rings. The van der Waals surface area contributed by atoms with Gasteiger partial charge in [0.05, 0.1) is 5.92 Å². The van der Waals surface area contributed by atoms with E-state index in [0.29, 0.717) is 5.56 Å². The maximum Gasteiger partial charge on any atom is 0.307 e. The standard InChI is InChI=1S/C14H18FNO3/c1-9(2)16-13(17)8-11(14(18)19)7-10-3-5-12(15)6-4-10/h3-6,9,11H,7-8H2,1-2H3,(H,16,17)(H,18,19). The van der Waals surface area contributed by atoms with Crippen molar-refractivity contribution in [3.8, 4) is 0 Å². The van der Waals surface area contributed by atoms with Crippen LogP contribution in [0.25, 0.3) is 0 Å². The van der Waals surface area contributed by atoms with E-state index in [9.17, 15) is 14.0 Å². The number of carbonyl (C=O) groups is 2. The molecule has 1 atom stereocenters. The average Bonchev–Trinajstić information content (AvgIpc) is 2.29. The smallest absolute Gasteiger partial charge is 0.307 e. The maximum atomic E-state index is 12.8. The first-order chi connectivity index (χ1) is 8.88. The Morgan fingerprint density at radius 3 is 2.32 bits per heavy atom. The van der Waals surface area contributed by atoms with E-state index in [-0.39, 0.29) is 30.6 Å². The molecule has 1 aromatic carbocycles. The number of nitrogens with one attached hydrogen (secondary N) is 1. The van der Waals surface area contributed by atoms with Gasteiger partial charge in [-0.1, -0.05) is 12.1 Å². The second-order valence-electron chi connectivity index (χ2n) is 4.79. The molecule has 2 N–H and O–H groups in total. The van der Waals surface area contributed by atoms with Crippen molar-refractivity contribution in [3.63, 3.8) is 0 Å². The predicted molar refractivity (Wildman–Crippen MR) is 69.1 cm³/mol. The van der Waals surface area contributed by atoms with Crippen molar-refractivity contribution in [1.29, 1.82) is 0 Å². The number of amides is 1. The lowest BCUT2D eigenvalue weighted by molar-refractivity contribution is -0.144. The molecule has 5 heteroatoms. The summed E-state index contributed by atoms with van der Waals surface area (Å²) in [6.07, 6.45) is 0.131. The lowest BCUT2D eigenvalue weighted by Gasteiger charge is -2.14. The number of benzene rings is 1. The number of carboxylic acids is 1. The normalized spacial score (nSPS) is 12.2. The van der Waals surface area contributed by atoms with Gasteiger partial charge < -0.3 is 10.4 Å². The van der Waals surface area contributed by atoms with Gasteiger partial charge in [-0.15, -0.1) is 0 Å². The number of carboxylic acid groups (broad SMARTS) is 1. The number of carbonyl (C=O) groups excluding carboxylic acids is 1. The van der Waals surface area contributed by atoms with Crippen LogP contribution >= 0.6 is 0 Å². The first-order valence-electron chi connectivity index (χ1n) is 6.15. The van der Waals surface area contributed by atoms with Gasteiger partial charge in [0, 0.05) is 12.5 Å². The zero-order chi connectivity index (χ0) is 14.4. The summed E-state index contributed by atoms with van der Waals surface area (Å²) < 4.78 is 12.8. The maximum absolute atomic E-state index is 12.8. The fourth-order valence-electron chi connectivity index (χ4n) is 1.76. The van der Waals surface area contributed by atoms with Crippen molar-refractivity contribution in [2.24, 2.45) is 5.92 Å². The van der Waals surface area contributed by atoms with Gasteiger partial charge in [-0.2, -0.15) is 0 Å². The second kappa shape index (κ2) is 6.87. The van der Waals surface area contributed by atoms with Gasteiger partial charge in [-0.25, -0.2) is 4.39 Å². The second-order valence-corrected chi connectivity index (χ2v) is 4.79. The zero-order valence-electron chi connectivity index (χ0n) is 11.0. The van der Waals surface area contributed by atoms with Crippen LogP contribution in [0.4, 0.5) is 4.39 Å². The van der Waals surface area contributed by atoms with Crippen molar-refractivity contribution in [1.82, 2.24) is 5.32 Å². The van der Waals surface area contributed by atoms with Gasteiger partial charge in [0.1, 0.15) is 5.82 Å². The molecule has 0 aliphatic heterocycles. The van der Waals surface area contributed by atoms with E-state index in [1.54, 1.807) is 0 Å². The van der Waals surface area contributed by atoms with Crippen molar-refractivity contribution >= 4 is 11.9 Å². The van der Waals surface area contributed by atoms with E-state index in [4.69, 9.17) is 5.11 Å². The van der Waals surface area contributed by atoms with E-state index in [0.717, 1.165) is 0 Å². The monoisotopic (exact) mass is 267 g/mol. The molecule has 0 spiro atoms. The topological polar surface area (TPSA) is 66.4 Å². The Morgan fingerprint density at radius 2 is 1.84 bits per heavy atom. The summed E-state index contributed by atoms with van der Waals surface area (Å²) in [5.41, 5.74) is 0.700. The molecule has 0 saturated carbocycles. The van der Waals surface area contributed by atoms with Gasteiger partial charge >= 0.3 is 5.97 Å². The molecule has 4 nitrogen and oxygen atoms in total. The van der Waals surface area contributed by atoms with E-state index in [2.05, 4.69) is 5.32 Å². The van der Waals surface area contributed by atoms with Crippen LogP contribution in [0.5, 0.6) is 0 Å². The molecule has 0 aromatic heterocycles. The van der Waals surface area contributed by atoms with Gasteiger partial charge in [0.15, 0.2) is 0 Å². The first-order valence-corrected chi connectivity index (χ1v) is 6.15. The van der Waals surface area contributed by atoms with Gasteiger partial charge in [-0.05, 0) is 38.0 Å². The Bertz CT molecular complexity index is 443. The molecular weight excluding hydrogens is 249 g/mol. The Hall–Kier alpha value is -1.91. The summed E-state index contributed by atoms with van der Waals surface area (Å²) >= 11 is 0. The highest BCUT2D eigenvalue weighted by atomic mass is 19.1. The van der Waals surface area contributed by atoms with E-state index in [1.807, 2.05) is 13.8 Å². The number of halogens is 1. The summed E-state index contributed by atoms with van der Waals surface area (Å²) in [5.74, 6) is -2.48. The minimum atomic E-state index is -1.02. The highest BCUT2D eigenvalue weighted by Crippen LogP contribution is 2.14. The van der Waals surface area contributed by atoms with Crippen LogP contribution in [0.3, 0.4) is 0 Å². The van der Waals surface area contributed by atoms with Crippen molar-refractivity contribution in [2.45, 2.75) is 32.7 Å². The van der Waals surface area contributed by atoms with Crippen LogP contribution in [-0.2, 0) is 16.0 Å². The summed E-state index contributed by atoms with van der Waals surface area (Å²) in [5, 5.41) is 11.8. The minimum Gasteiger partial charge on any atom is -0.481 e. The van der Waals surface area contributed by atoms with Crippen LogP contribution < -0.4 is 5.32 Å².